The van der Waals surface area contributed by atoms with Gasteiger partial charge in [0.15, 0.2) is 0 Å². The minimum absolute atomic E-state index is 0.822. The number of rotatable bonds is 6. The zero-order chi connectivity index (χ0) is 14.4. The summed E-state index contributed by atoms with van der Waals surface area (Å²) < 4.78 is 5.16. The molecule has 4 nitrogen and oxygen atoms in total. The molecule has 1 heterocycles. The molecular formula is C16H21N3O. The average molecular weight is 271 g/mol. The van der Waals surface area contributed by atoms with Crippen LogP contribution in [0.4, 0.5) is 5.82 Å². The molecule has 1 aromatic heterocycles. The topological polar surface area (TPSA) is 37.4 Å². The van der Waals surface area contributed by atoms with Crippen molar-refractivity contribution in [3.63, 3.8) is 0 Å². The summed E-state index contributed by atoms with van der Waals surface area (Å²) in [5, 5.41) is 3.12. The predicted octanol–water partition coefficient (Wildman–Crippen LogP) is 2.45. The Hall–Kier alpha value is -2.07. The number of nitrogens with zero attached hydrogens (tertiary/aromatic N) is 2. The molecule has 106 valence electrons. The lowest BCUT2D eigenvalue weighted by Crippen LogP contribution is -2.17. The average Bonchev–Trinajstić information content (AvgIpc) is 2.49. The van der Waals surface area contributed by atoms with E-state index in [1.165, 1.54) is 11.1 Å². The Kier molecular flexibility index (Phi) is 4.96. The smallest absolute Gasteiger partial charge is 0.128 e. The number of anilines is 1. The molecule has 4 heteroatoms. The Morgan fingerprint density at radius 2 is 1.80 bits per heavy atom. The summed E-state index contributed by atoms with van der Waals surface area (Å²) >= 11 is 0. The highest BCUT2D eigenvalue weighted by molar-refractivity contribution is 5.40. The second-order valence-corrected chi connectivity index (χ2v) is 4.76. The molecule has 0 fully saturated rings. The minimum atomic E-state index is 0.822. The number of hydrogen-bond donors (Lipinski definition) is 1. The summed E-state index contributed by atoms with van der Waals surface area (Å²) in [5.41, 5.74) is 2.42. The zero-order valence-corrected chi connectivity index (χ0v) is 12.3. The van der Waals surface area contributed by atoms with Crippen molar-refractivity contribution in [2.75, 3.05) is 26.1 Å². The van der Waals surface area contributed by atoms with Crippen molar-refractivity contribution >= 4 is 5.82 Å². The van der Waals surface area contributed by atoms with Gasteiger partial charge in [-0.1, -0.05) is 18.2 Å². The van der Waals surface area contributed by atoms with Gasteiger partial charge in [-0.15, -0.1) is 0 Å². The van der Waals surface area contributed by atoms with Crippen molar-refractivity contribution < 1.29 is 4.74 Å². The molecule has 0 aliphatic rings. The van der Waals surface area contributed by atoms with Gasteiger partial charge < -0.3 is 15.0 Å². The molecule has 0 aliphatic heterocycles. The highest BCUT2D eigenvalue weighted by atomic mass is 16.5. The number of pyridine rings is 1. The SMILES string of the molecule is CNCc1ccc(N(C)Cc2ccc(OC)cc2)nc1. The van der Waals surface area contributed by atoms with E-state index in [0.29, 0.717) is 0 Å². The van der Waals surface area contributed by atoms with Crippen LogP contribution in [0.5, 0.6) is 5.75 Å². The van der Waals surface area contributed by atoms with Crippen molar-refractivity contribution in [2.45, 2.75) is 13.1 Å². The fourth-order valence-electron chi connectivity index (χ4n) is 2.04. The van der Waals surface area contributed by atoms with Crippen LogP contribution >= 0.6 is 0 Å². The van der Waals surface area contributed by atoms with Crippen molar-refractivity contribution in [3.05, 3.63) is 53.7 Å². The Morgan fingerprint density at radius 3 is 2.35 bits per heavy atom. The van der Waals surface area contributed by atoms with Gasteiger partial charge in [-0.25, -0.2) is 4.98 Å². The van der Waals surface area contributed by atoms with E-state index in [1.807, 2.05) is 32.4 Å². The van der Waals surface area contributed by atoms with Gasteiger partial charge in [0.1, 0.15) is 11.6 Å². The van der Waals surface area contributed by atoms with Crippen LogP contribution in [-0.4, -0.2) is 26.2 Å². The van der Waals surface area contributed by atoms with Gasteiger partial charge in [0.2, 0.25) is 0 Å². The lowest BCUT2D eigenvalue weighted by atomic mass is 10.2. The summed E-state index contributed by atoms with van der Waals surface area (Å²) in [6, 6.07) is 12.3. The van der Waals surface area contributed by atoms with Crippen LogP contribution in [0.3, 0.4) is 0 Å². The lowest BCUT2D eigenvalue weighted by molar-refractivity contribution is 0.414. The third-order valence-corrected chi connectivity index (χ3v) is 3.16. The van der Waals surface area contributed by atoms with Gasteiger partial charge in [-0.05, 0) is 36.4 Å². The number of methoxy groups -OCH3 is 1. The predicted molar refractivity (Wildman–Crippen MR) is 82.1 cm³/mol. The Labute approximate surface area is 120 Å². The van der Waals surface area contributed by atoms with E-state index in [0.717, 1.165) is 24.7 Å². The summed E-state index contributed by atoms with van der Waals surface area (Å²) in [6.07, 6.45) is 1.91. The number of hydrogen-bond acceptors (Lipinski definition) is 4. The van der Waals surface area contributed by atoms with Crippen molar-refractivity contribution in [1.29, 1.82) is 0 Å². The first-order valence-corrected chi connectivity index (χ1v) is 6.66. The lowest BCUT2D eigenvalue weighted by Gasteiger charge is -2.18. The second kappa shape index (κ2) is 6.91. The van der Waals surface area contributed by atoms with Gasteiger partial charge in [-0.3, -0.25) is 0 Å². The van der Waals surface area contributed by atoms with Crippen LogP contribution in [-0.2, 0) is 13.1 Å². The fourth-order valence-corrected chi connectivity index (χ4v) is 2.04. The summed E-state index contributed by atoms with van der Waals surface area (Å²) in [6.45, 7) is 1.66. The molecule has 0 saturated carbocycles. The summed E-state index contributed by atoms with van der Waals surface area (Å²) in [4.78, 5) is 6.62. The van der Waals surface area contributed by atoms with Gasteiger partial charge in [0, 0.05) is 26.3 Å². The molecule has 0 spiro atoms. The number of benzene rings is 1. The monoisotopic (exact) mass is 271 g/mol. The summed E-state index contributed by atoms with van der Waals surface area (Å²) in [7, 11) is 5.66. The molecular weight excluding hydrogens is 250 g/mol. The summed E-state index contributed by atoms with van der Waals surface area (Å²) in [5.74, 6) is 1.85. The largest absolute Gasteiger partial charge is 0.497 e. The molecule has 2 aromatic rings. The fraction of sp³-hybridized carbons (Fsp3) is 0.312. The molecule has 0 atom stereocenters. The first-order valence-electron chi connectivity index (χ1n) is 6.66. The van der Waals surface area contributed by atoms with Gasteiger partial charge in [-0.2, -0.15) is 0 Å². The second-order valence-electron chi connectivity index (χ2n) is 4.76. The maximum Gasteiger partial charge on any atom is 0.128 e. The third kappa shape index (κ3) is 3.71. The maximum atomic E-state index is 5.16. The van der Waals surface area contributed by atoms with E-state index in [1.54, 1.807) is 7.11 Å². The molecule has 0 radical (unpaired) electrons. The van der Waals surface area contributed by atoms with E-state index >= 15 is 0 Å². The standard InChI is InChI=1S/C16H21N3O/c1-17-10-14-6-9-16(18-11-14)19(2)12-13-4-7-15(20-3)8-5-13/h4-9,11,17H,10,12H2,1-3H3. The number of nitrogens with one attached hydrogen (secondary N) is 1. The Bertz CT molecular complexity index is 522. The first kappa shape index (κ1) is 14.3. The van der Waals surface area contributed by atoms with Crippen molar-refractivity contribution in [1.82, 2.24) is 10.3 Å². The van der Waals surface area contributed by atoms with E-state index in [9.17, 15) is 0 Å². The third-order valence-electron chi connectivity index (χ3n) is 3.16. The van der Waals surface area contributed by atoms with Crippen LogP contribution in [0.1, 0.15) is 11.1 Å². The highest BCUT2D eigenvalue weighted by Gasteiger charge is 2.04. The van der Waals surface area contributed by atoms with Gasteiger partial charge in [0.25, 0.3) is 0 Å². The molecule has 20 heavy (non-hydrogen) atoms. The van der Waals surface area contributed by atoms with E-state index < -0.39 is 0 Å². The molecule has 0 unspecified atom stereocenters. The van der Waals surface area contributed by atoms with E-state index in [4.69, 9.17) is 4.74 Å². The zero-order valence-electron chi connectivity index (χ0n) is 12.3. The van der Waals surface area contributed by atoms with Crippen LogP contribution < -0.4 is 15.0 Å². The van der Waals surface area contributed by atoms with Crippen LogP contribution in [0, 0.1) is 0 Å². The number of ether oxygens (including phenoxy) is 1. The van der Waals surface area contributed by atoms with Gasteiger partial charge in [0.05, 0.1) is 7.11 Å². The number of aromatic nitrogens is 1. The Balaban J connectivity index is 2.01. The normalized spacial score (nSPS) is 10.3. The van der Waals surface area contributed by atoms with Crippen molar-refractivity contribution in [3.8, 4) is 5.75 Å². The quantitative estimate of drug-likeness (QED) is 0.875. The maximum absolute atomic E-state index is 5.16. The first-order chi connectivity index (χ1) is 9.72. The van der Waals surface area contributed by atoms with Gasteiger partial charge >= 0.3 is 0 Å². The van der Waals surface area contributed by atoms with Crippen LogP contribution in [0.25, 0.3) is 0 Å². The molecule has 1 N–H and O–H groups in total. The molecule has 0 amide bonds. The Morgan fingerprint density at radius 1 is 1.10 bits per heavy atom. The van der Waals surface area contributed by atoms with E-state index in [2.05, 4.69) is 39.5 Å². The molecule has 0 bridgehead atoms. The van der Waals surface area contributed by atoms with E-state index in [-0.39, 0.29) is 0 Å². The van der Waals surface area contributed by atoms with Crippen molar-refractivity contribution in [2.24, 2.45) is 0 Å². The minimum Gasteiger partial charge on any atom is -0.497 e. The molecule has 0 saturated heterocycles. The molecule has 2 rings (SSSR count). The van der Waals surface area contributed by atoms with Crippen LogP contribution in [0.15, 0.2) is 42.6 Å². The van der Waals surface area contributed by atoms with Crippen LogP contribution in [0.2, 0.25) is 0 Å². The molecule has 1 aromatic carbocycles. The highest BCUT2D eigenvalue weighted by Crippen LogP contribution is 2.16. The molecule has 0 aliphatic carbocycles.